The summed E-state index contributed by atoms with van der Waals surface area (Å²) in [5.74, 6) is -4.11. The maximum Gasteiger partial charge on any atom is 0.522 e. The second-order valence-corrected chi connectivity index (χ2v) is 10.1. The quantitative estimate of drug-likeness (QED) is 0.322. The van der Waals surface area contributed by atoms with Crippen LogP contribution in [0.15, 0.2) is 0 Å². The van der Waals surface area contributed by atoms with Crippen LogP contribution in [0.1, 0.15) is 46.0 Å². The van der Waals surface area contributed by atoms with E-state index in [1.165, 1.54) is 4.90 Å². The number of amides is 3. The van der Waals surface area contributed by atoms with Gasteiger partial charge >= 0.3 is 6.36 Å². The average molecular weight is 508 g/mol. The van der Waals surface area contributed by atoms with Gasteiger partial charge in [-0.25, -0.2) is 0 Å². The molecule has 4 N–H and O–H groups in total. The first-order valence-corrected chi connectivity index (χ1v) is 11.7. The molecular weight excluding hydrogens is 475 g/mol. The van der Waals surface area contributed by atoms with Gasteiger partial charge in [-0.05, 0) is 43.4 Å². The Morgan fingerprint density at radius 1 is 1.26 bits per heavy atom. The Kier molecular flexibility index (Phi) is 8.12. The lowest BCUT2D eigenvalue weighted by Crippen LogP contribution is -2.55. The van der Waals surface area contributed by atoms with Gasteiger partial charge in [-0.2, -0.15) is 0 Å². The van der Waals surface area contributed by atoms with E-state index in [1.54, 1.807) is 13.8 Å². The largest absolute Gasteiger partial charge is 0.522 e. The molecule has 35 heavy (non-hydrogen) atoms. The summed E-state index contributed by atoms with van der Waals surface area (Å²) >= 11 is 0. The van der Waals surface area contributed by atoms with Gasteiger partial charge in [0.15, 0.2) is 11.9 Å². The smallest absolute Gasteiger partial charge is 0.390 e. The molecule has 1 aliphatic carbocycles. The second-order valence-electron chi connectivity index (χ2n) is 10.1. The van der Waals surface area contributed by atoms with Crippen molar-refractivity contribution in [1.29, 1.82) is 0 Å². The maximum atomic E-state index is 13.2. The lowest BCUT2D eigenvalue weighted by atomic mass is 9.95. The van der Waals surface area contributed by atoms with E-state index in [1.807, 2.05) is 0 Å². The van der Waals surface area contributed by atoms with Crippen LogP contribution >= 0.6 is 0 Å². The van der Waals surface area contributed by atoms with E-state index in [9.17, 15) is 42.6 Å². The third-order valence-electron chi connectivity index (χ3n) is 7.08. The monoisotopic (exact) mass is 507 g/mol. The molecule has 0 aromatic carbocycles. The molecule has 2 saturated heterocycles. The predicted octanol–water partition coefficient (Wildman–Crippen LogP) is -0.138. The van der Waals surface area contributed by atoms with Crippen LogP contribution in [-0.2, 0) is 23.9 Å². The second kappa shape index (κ2) is 10.4. The molecule has 3 aliphatic rings. The summed E-state index contributed by atoms with van der Waals surface area (Å²) in [7, 11) is 0. The van der Waals surface area contributed by atoms with Gasteiger partial charge in [0, 0.05) is 19.0 Å². The average Bonchev–Trinajstić information content (AvgIpc) is 3.24. The molecule has 10 nitrogen and oxygen atoms in total. The molecule has 3 unspecified atom stereocenters. The number of Topliss-reactive ketones (excluding diaryl/α,β-unsaturated/α-hetero) is 1. The molecule has 0 aromatic heterocycles. The van der Waals surface area contributed by atoms with E-state index < -0.39 is 66.7 Å². The van der Waals surface area contributed by atoms with E-state index in [2.05, 4.69) is 15.4 Å². The number of carbonyl (C=O) groups is 4. The van der Waals surface area contributed by atoms with Crippen molar-refractivity contribution in [2.75, 3.05) is 19.7 Å². The fourth-order valence-electron chi connectivity index (χ4n) is 4.69. The number of aliphatic hydroxyl groups is 2. The van der Waals surface area contributed by atoms with Crippen molar-refractivity contribution in [3.05, 3.63) is 0 Å². The summed E-state index contributed by atoms with van der Waals surface area (Å²) in [6.45, 7) is 2.44. The van der Waals surface area contributed by atoms with E-state index in [0.717, 1.165) is 12.8 Å². The number of ether oxygens (including phenoxy) is 1. The van der Waals surface area contributed by atoms with Crippen LogP contribution in [0.3, 0.4) is 0 Å². The van der Waals surface area contributed by atoms with Crippen molar-refractivity contribution in [3.8, 4) is 0 Å². The van der Waals surface area contributed by atoms with Crippen molar-refractivity contribution in [2.24, 2.45) is 17.3 Å². The number of halogens is 3. The van der Waals surface area contributed by atoms with Gasteiger partial charge in [-0.1, -0.05) is 13.8 Å². The summed E-state index contributed by atoms with van der Waals surface area (Å²) in [6, 6.07) is -2.51. The highest BCUT2D eigenvalue weighted by Crippen LogP contribution is 2.55. The number of nitrogens with one attached hydrogen (secondary N) is 2. The van der Waals surface area contributed by atoms with Gasteiger partial charge in [0.05, 0.1) is 12.1 Å². The van der Waals surface area contributed by atoms with Crippen molar-refractivity contribution < 1.29 is 47.3 Å². The number of rotatable bonds is 10. The molecule has 5 atom stereocenters. The molecule has 198 valence electrons. The van der Waals surface area contributed by atoms with E-state index in [-0.39, 0.29) is 30.7 Å². The zero-order valence-corrected chi connectivity index (χ0v) is 19.6. The van der Waals surface area contributed by atoms with Crippen molar-refractivity contribution in [3.63, 3.8) is 0 Å². The topological polar surface area (TPSA) is 145 Å². The molecule has 2 heterocycles. The number of alkyl halides is 3. The molecule has 1 spiro atoms. The lowest BCUT2D eigenvalue weighted by Gasteiger charge is -2.30. The fraction of sp³-hybridized carbons (Fsp3) is 0.818. The number of carbonyl (C=O) groups excluding carboxylic acids is 4. The van der Waals surface area contributed by atoms with Crippen LogP contribution in [0.4, 0.5) is 13.2 Å². The lowest BCUT2D eigenvalue weighted by molar-refractivity contribution is -0.321. The van der Waals surface area contributed by atoms with E-state index >= 15 is 0 Å². The first-order chi connectivity index (χ1) is 16.2. The highest BCUT2D eigenvalue weighted by molar-refractivity contribution is 5.95. The molecule has 3 amide bonds. The standard InChI is InChI=1S/C22H32F3N3O7/c1-11(2)16(30)17(31)20(34)28-10-21(4-5-21)8-14(28)19(33)27-13(7-12-3-6-26-18(12)32)15(29)9-35-22(23,24)25/h11-14,16-17,30-31H,3-10H2,1-2H3,(H,26,32)(H,27,33)/t12?,13?,14?,16-,17+/m0/s1. The highest BCUT2D eigenvalue weighted by atomic mass is 19.4. The molecule has 0 aromatic rings. The van der Waals surface area contributed by atoms with E-state index in [0.29, 0.717) is 13.0 Å². The number of hydrogen-bond acceptors (Lipinski definition) is 7. The predicted molar refractivity (Wildman–Crippen MR) is 113 cm³/mol. The van der Waals surface area contributed by atoms with Crippen LogP contribution < -0.4 is 10.6 Å². The Morgan fingerprint density at radius 3 is 2.43 bits per heavy atom. The minimum Gasteiger partial charge on any atom is -0.390 e. The number of likely N-dealkylation sites (tertiary alicyclic amines) is 1. The Balaban J connectivity index is 1.75. The van der Waals surface area contributed by atoms with E-state index in [4.69, 9.17) is 0 Å². The summed E-state index contributed by atoms with van der Waals surface area (Å²) in [5, 5.41) is 25.5. The molecule has 0 radical (unpaired) electrons. The molecular formula is C22H32F3N3O7. The Hall–Kier alpha value is -2.25. The third kappa shape index (κ3) is 6.70. The van der Waals surface area contributed by atoms with Gasteiger partial charge in [-0.15, -0.1) is 13.2 Å². The SMILES string of the molecule is CC(C)[C@H](O)[C@@H](O)C(=O)N1CC2(CC2)CC1C(=O)NC(CC1CCNC1=O)C(=O)COC(F)(F)F. The first kappa shape index (κ1) is 27.3. The molecule has 3 fully saturated rings. The maximum absolute atomic E-state index is 13.2. The van der Waals surface area contributed by atoms with Crippen LogP contribution in [0, 0.1) is 17.3 Å². The minimum atomic E-state index is -5.05. The number of nitrogens with zero attached hydrogens (tertiary/aromatic N) is 1. The Labute approximate surface area is 200 Å². The van der Waals surface area contributed by atoms with Crippen molar-refractivity contribution in [1.82, 2.24) is 15.5 Å². The first-order valence-electron chi connectivity index (χ1n) is 11.7. The summed E-state index contributed by atoms with van der Waals surface area (Å²) < 4.78 is 41.0. The van der Waals surface area contributed by atoms with Crippen molar-refractivity contribution >= 4 is 23.5 Å². The number of aliphatic hydroxyl groups excluding tert-OH is 2. The normalized spacial score (nSPS) is 25.9. The van der Waals surface area contributed by atoms with Gasteiger partial charge in [0.2, 0.25) is 11.8 Å². The Bertz CT molecular complexity index is 847. The van der Waals surface area contributed by atoms with Gasteiger partial charge < -0.3 is 25.7 Å². The van der Waals surface area contributed by atoms with Gasteiger partial charge in [-0.3, -0.25) is 23.9 Å². The summed E-state index contributed by atoms with van der Waals surface area (Å²) in [4.78, 5) is 51.8. The van der Waals surface area contributed by atoms with Crippen molar-refractivity contribution in [2.45, 2.75) is 76.6 Å². The molecule has 2 aliphatic heterocycles. The summed E-state index contributed by atoms with van der Waals surface area (Å²) in [6.07, 6.45) is -6.22. The van der Waals surface area contributed by atoms with Crippen LogP contribution in [0.5, 0.6) is 0 Å². The zero-order chi connectivity index (χ0) is 26.1. The fourth-order valence-corrected chi connectivity index (χ4v) is 4.69. The number of ketones is 1. The molecule has 3 rings (SSSR count). The molecule has 13 heteroatoms. The van der Waals surface area contributed by atoms with Crippen LogP contribution in [0.25, 0.3) is 0 Å². The molecule has 0 bridgehead atoms. The van der Waals surface area contributed by atoms with Gasteiger partial charge in [0.25, 0.3) is 5.91 Å². The van der Waals surface area contributed by atoms with Crippen LogP contribution in [-0.4, -0.2) is 89.0 Å². The van der Waals surface area contributed by atoms with Gasteiger partial charge in [0.1, 0.15) is 12.6 Å². The Morgan fingerprint density at radius 2 is 1.91 bits per heavy atom. The minimum absolute atomic E-state index is 0.187. The summed E-state index contributed by atoms with van der Waals surface area (Å²) in [5.41, 5.74) is -0.301. The molecule has 1 saturated carbocycles. The third-order valence-corrected chi connectivity index (χ3v) is 7.08. The van der Waals surface area contributed by atoms with Crippen LogP contribution in [0.2, 0.25) is 0 Å². The highest BCUT2D eigenvalue weighted by Gasteiger charge is 2.56. The zero-order valence-electron chi connectivity index (χ0n) is 19.6. The number of hydrogen-bond donors (Lipinski definition) is 4.